The Morgan fingerprint density at radius 1 is 0.368 bits per heavy atom. The third-order valence-corrected chi connectivity index (χ3v) is 10.1. The summed E-state index contributed by atoms with van der Waals surface area (Å²) in [7, 11) is 0. The Kier molecular flexibility index (Phi) is 43.5. The van der Waals surface area contributed by atoms with Gasteiger partial charge in [-0.25, -0.2) is 0 Å². The molecule has 0 spiro atoms. The van der Waals surface area contributed by atoms with Gasteiger partial charge in [0, 0.05) is 12.8 Å². The molecule has 0 saturated heterocycles. The van der Waals surface area contributed by atoms with Gasteiger partial charge in [-0.15, -0.1) is 0 Å². The Balaban J connectivity index is 4.49. The lowest BCUT2D eigenvalue weighted by Crippen LogP contribution is -2.30. The second-order valence-corrected chi connectivity index (χ2v) is 15.7. The monoisotopic (exact) mass is 797 g/mol. The van der Waals surface area contributed by atoms with Crippen molar-refractivity contribution in [2.24, 2.45) is 0 Å². The van der Waals surface area contributed by atoms with E-state index in [4.69, 9.17) is 14.2 Å². The molecule has 0 rings (SSSR count). The first kappa shape index (κ1) is 54.1. The molecule has 0 aliphatic rings. The first-order chi connectivity index (χ1) is 28.0. The zero-order chi connectivity index (χ0) is 41.5. The second kappa shape index (κ2) is 45.8. The minimum absolute atomic E-state index is 0.101. The third-order valence-electron chi connectivity index (χ3n) is 10.1. The quantitative estimate of drug-likeness (QED) is 0.0265. The zero-order valence-corrected chi connectivity index (χ0v) is 37.3. The summed E-state index contributed by atoms with van der Waals surface area (Å²) in [6.45, 7) is 6.42. The first-order valence-electron chi connectivity index (χ1n) is 23.8. The van der Waals surface area contributed by atoms with E-state index in [1.165, 1.54) is 116 Å². The van der Waals surface area contributed by atoms with Crippen molar-refractivity contribution < 1.29 is 28.6 Å². The number of esters is 3. The molecule has 6 nitrogen and oxygen atoms in total. The van der Waals surface area contributed by atoms with Crippen molar-refractivity contribution in [3.63, 3.8) is 0 Å². The van der Waals surface area contributed by atoms with Crippen LogP contribution in [0.15, 0.2) is 60.8 Å². The Hall–Kier alpha value is -2.89. The van der Waals surface area contributed by atoms with Gasteiger partial charge >= 0.3 is 17.9 Å². The molecule has 0 saturated carbocycles. The summed E-state index contributed by atoms with van der Waals surface area (Å²) in [6.07, 6.45) is 55.1. The highest BCUT2D eigenvalue weighted by Gasteiger charge is 2.19. The van der Waals surface area contributed by atoms with Crippen molar-refractivity contribution in [3.8, 4) is 0 Å². The lowest BCUT2D eigenvalue weighted by molar-refractivity contribution is -0.166. The maximum Gasteiger partial charge on any atom is 0.309 e. The minimum Gasteiger partial charge on any atom is -0.462 e. The van der Waals surface area contributed by atoms with Gasteiger partial charge in [-0.3, -0.25) is 14.4 Å². The number of hydrogen-bond acceptors (Lipinski definition) is 6. The molecule has 0 aromatic rings. The number of ether oxygens (including phenoxy) is 3. The van der Waals surface area contributed by atoms with E-state index in [9.17, 15) is 14.4 Å². The molecule has 6 heteroatoms. The van der Waals surface area contributed by atoms with Crippen LogP contribution in [0.1, 0.15) is 226 Å². The molecule has 1 atom stereocenters. The van der Waals surface area contributed by atoms with Crippen LogP contribution in [0, 0.1) is 0 Å². The van der Waals surface area contributed by atoms with Gasteiger partial charge in [0.05, 0.1) is 6.42 Å². The van der Waals surface area contributed by atoms with Crippen LogP contribution in [0.4, 0.5) is 0 Å². The number of carbonyl (C=O) groups is 3. The largest absolute Gasteiger partial charge is 0.462 e. The summed E-state index contributed by atoms with van der Waals surface area (Å²) in [5, 5.41) is 0. The van der Waals surface area contributed by atoms with Crippen LogP contribution < -0.4 is 0 Å². The Morgan fingerprint density at radius 2 is 0.684 bits per heavy atom. The highest BCUT2D eigenvalue weighted by Crippen LogP contribution is 2.15. The Labute approximate surface area is 351 Å². The van der Waals surface area contributed by atoms with E-state index in [0.29, 0.717) is 12.8 Å². The summed E-state index contributed by atoms with van der Waals surface area (Å²) in [5.41, 5.74) is 0. The summed E-state index contributed by atoms with van der Waals surface area (Å²) in [6, 6.07) is 0. The number of rotatable bonds is 42. The second-order valence-electron chi connectivity index (χ2n) is 15.7. The molecule has 57 heavy (non-hydrogen) atoms. The van der Waals surface area contributed by atoms with Crippen molar-refractivity contribution in [2.75, 3.05) is 13.2 Å². The lowest BCUT2D eigenvalue weighted by Gasteiger charge is -2.18. The van der Waals surface area contributed by atoms with E-state index in [1.54, 1.807) is 6.08 Å². The standard InChI is InChI=1S/C51H88O6/c1-4-7-10-13-16-19-22-24-25-27-29-32-35-38-41-44-50(53)56-47-48(46-55-49(52)43-40-37-34-31-28-21-18-15-12-9-6-3)57-51(54)45-42-39-36-33-30-26-23-20-17-14-11-8-5-2/h7,10,16,19,24-25,29,32,38,41,48H,4-6,8-9,11-15,17-18,20-23,26-28,30-31,33-37,39-40,42-47H2,1-3H3/b10-7-,19-16-,25-24-,32-29-,41-38-. The van der Waals surface area contributed by atoms with Gasteiger partial charge in [0.2, 0.25) is 0 Å². The van der Waals surface area contributed by atoms with Crippen LogP contribution in [0.2, 0.25) is 0 Å². The molecule has 0 aromatic carbocycles. The SMILES string of the molecule is CC/C=C\C/C=C\C/C=C\C/C=C\C/C=C\CC(=O)OCC(COC(=O)CCCCCCCCCCCCC)OC(=O)CCCCCCCCCCCCCCC. The number of carbonyl (C=O) groups excluding carboxylic acids is 3. The smallest absolute Gasteiger partial charge is 0.309 e. The highest BCUT2D eigenvalue weighted by molar-refractivity contribution is 5.72. The fraction of sp³-hybridized carbons (Fsp3) is 0.745. The van der Waals surface area contributed by atoms with Crippen LogP contribution in [0.25, 0.3) is 0 Å². The summed E-state index contributed by atoms with van der Waals surface area (Å²) in [5.74, 6) is -1.03. The first-order valence-corrected chi connectivity index (χ1v) is 23.8. The van der Waals surface area contributed by atoms with Crippen LogP contribution in [-0.4, -0.2) is 37.2 Å². The molecule has 0 radical (unpaired) electrons. The molecule has 0 aliphatic carbocycles. The number of hydrogen-bond donors (Lipinski definition) is 0. The lowest BCUT2D eigenvalue weighted by atomic mass is 10.0. The zero-order valence-electron chi connectivity index (χ0n) is 37.3. The minimum atomic E-state index is -0.807. The highest BCUT2D eigenvalue weighted by atomic mass is 16.6. The molecule has 328 valence electrons. The van der Waals surface area contributed by atoms with Crippen molar-refractivity contribution in [3.05, 3.63) is 60.8 Å². The molecule has 0 amide bonds. The van der Waals surface area contributed by atoms with Gasteiger partial charge in [0.1, 0.15) is 13.2 Å². The van der Waals surface area contributed by atoms with Gasteiger partial charge in [-0.2, -0.15) is 0 Å². The molecule has 0 fully saturated rings. The number of unbranched alkanes of at least 4 members (excludes halogenated alkanes) is 22. The van der Waals surface area contributed by atoms with Crippen molar-refractivity contribution >= 4 is 17.9 Å². The normalized spacial score (nSPS) is 12.5. The molecule has 0 aliphatic heterocycles. The van der Waals surface area contributed by atoms with E-state index >= 15 is 0 Å². The maximum absolute atomic E-state index is 12.7. The van der Waals surface area contributed by atoms with Crippen LogP contribution in [-0.2, 0) is 28.6 Å². The molecule has 0 N–H and O–H groups in total. The fourth-order valence-electron chi connectivity index (χ4n) is 6.51. The van der Waals surface area contributed by atoms with Crippen LogP contribution in [0.3, 0.4) is 0 Å². The molecular formula is C51H88O6. The average molecular weight is 797 g/mol. The molecule has 1 unspecified atom stereocenters. The van der Waals surface area contributed by atoms with Crippen molar-refractivity contribution in [1.29, 1.82) is 0 Å². The van der Waals surface area contributed by atoms with E-state index in [0.717, 1.165) is 70.6 Å². The molecule has 0 aromatic heterocycles. The van der Waals surface area contributed by atoms with Crippen LogP contribution in [0.5, 0.6) is 0 Å². The van der Waals surface area contributed by atoms with Gasteiger partial charge in [-0.05, 0) is 44.9 Å². The van der Waals surface area contributed by atoms with Crippen LogP contribution >= 0.6 is 0 Å². The van der Waals surface area contributed by atoms with E-state index in [1.807, 2.05) is 6.08 Å². The van der Waals surface area contributed by atoms with E-state index in [2.05, 4.69) is 69.4 Å². The fourth-order valence-corrected chi connectivity index (χ4v) is 6.51. The van der Waals surface area contributed by atoms with E-state index < -0.39 is 12.1 Å². The third kappa shape index (κ3) is 44.1. The van der Waals surface area contributed by atoms with Gasteiger partial charge in [0.25, 0.3) is 0 Å². The average Bonchev–Trinajstić information content (AvgIpc) is 3.21. The van der Waals surface area contributed by atoms with Crippen molar-refractivity contribution in [1.82, 2.24) is 0 Å². The van der Waals surface area contributed by atoms with Gasteiger partial charge in [-0.1, -0.05) is 223 Å². The predicted octanol–water partition coefficient (Wildman–Crippen LogP) is 15.3. The Bertz CT molecular complexity index is 1050. The molecule has 0 bridgehead atoms. The molecular weight excluding hydrogens is 709 g/mol. The number of allylic oxidation sites excluding steroid dienone is 9. The summed E-state index contributed by atoms with van der Waals surface area (Å²) < 4.78 is 16.6. The Morgan fingerprint density at radius 3 is 1.07 bits per heavy atom. The summed E-state index contributed by atoms with van der Waals surface area (Å²) in [4.78, 5) is 37.7. The predicted molar refractivity (Wildman–Crippen MR) is 242 cm³/mol. The topological polar surface area (TPSA) is 78.9 Å². The maximum atomic E-state index is 12.7. The molecule has 0 heterocycles. The van der Waals surface area contributed by atoms with Crippen molar-refractivity contribution in [2.45, 2.75) is 232 Å². The van der Waals surface area contributed by atoms with E-state index in [-0.39, 0.29) is 31.6 Å². The summed E-state index contributed by atoms with van der Waals surface area (Å²) >= 11 is 0. The van der Waals surface area contributed by atoms with Gasteiger partial charge in [0.15, 0.2) is 6.10 Å². The van der Waals surface area contributed by atoms with Gasteiger partial charge < -0.3 is 14.2 Å².